The van der Waals surface area contributed by atoms with Crippen LogP contribution in [0.4, 0.5) is 5.69 Å². The average Bonchev–Trinajstić information content (AvgIpc) is 3.09. The van der Waals surface area contributed by atoms with Gasteiger partial charge in [0.2, 0.25) is 11.8 Å². The van der Waals surface area contributed by atoms with E-state index < -0.39 is 6.04 Å². The molecule has 31 heavy (non-hydrogen) atoms. The number of carbonyl (C=O) groups excluding carboxylic acids is 3. The number of unbranched alkanes of at least 4 members (excludes halogenated alkanes) is 9. The molecule has 1 fully saturated rings. The first-order valence-electron chi connectivity index (χ1n) is 12.1. The van der Waals surface area contributed by atoms with Crippen LogP contribution in [0.1, 0.15) is 99.9 Å². The van der Waals surface area contributed by atoms with Crippen molar-refractivity contribution in [3.8, 4) is 0 Å². The number of nitrogens with one attached hydrogen (secondary N) is 2. The van der Waals surface area contributed by atoms with E-state index in [1.165, 1.54) is 57.8 Å². The molecule has 3 amide bonds. The van der Waals surface area contributed by atoms with Crippen molar-refractivity contribution in [3.05, 3.63) is 29.3 Å². The highest BCUT2D eigenvalue weighted by Crippen LogP contribution is 2.32. The Kier molecular flexibility index (Phi) is 8.92. The lowest BCUT2D eigenvalue weighted by Crippen LogP contribution is -2.52. The zero-order valence-corrected chi connectivity index (χ0v) is 18.9. The van der Waals surface area contributed by atoms with E-state index in [-0.39, 0.29) is 24.1 Å². The fourth-order valence-corrected chi connectivity index (χ4v) is 4.59. The Labute approximate surface area is 186 Å². The molecule has 0 spiro atoms. The van der Waals surface area contributed by atoms with Crippen molar-refractivity contribution in [1.29, 1.82) is 0 Å². The molecule has 0 aromatic heterocycles. The Morgan fingerprint density at radius 1 is 0.968 bits per heavy atom. The van der Waals surface area contributed by atoms with Gasteiger partial charge < -0.3 is 10.2 Å². The summed E-state index contributed by atoms with van der Waals surface area (Å²) < 4.78 is 0. The van der Waals surface area contributed by atoms with Gasteiger partial charge >= 0.3 is 0 Å². The van der Waals surface area contributed by atoms with Gasteiger partial charge in [0.25, 0.3) is 5.91 Å². The predicted molar refractivity (Wildman–Crippen MR) is 123 cm³/mol. The van der Waals surface area contributed by atoms with Crippen LogP contribution in [0.3, 0.4) is 0 Å². The fourth-order valence-electron chi connectivity index (χ4n) is 4.59. The smallest absolute Gasteiger partial charge is 0.255 e. The molecule has 1 unspecified atom stereocenters. The standard InChI is InChI=1S/C25H37N3O3/c1-2-3-4-5-6-7-8-9-10-11-17-26-21-14-12-13-19-20(21)18-28(25(19)31)22-15-16-23(29)27-24(22)30/h12-14,22,26H,2-11,15-18H2,1H3,(H,27,29,30). The number of nitrogens with zero attached hydrogens (tertiary/aromatic N) is 1. The monoisotopic (exact) mass is 427 g/mol. The Morgan fingerprint density at radius 2 is 1.65 bits per heavy atom. The molecule has 6 heteroatoms. The average molecular weight is 428 g/mol. The molecule has 0 aliphatic carbocycles. The van der Waals surface area contributed by atoms with Crippen molar-refractivity contribution >= 4 is 23.4 Å². The molecule has 3 rings (SSSR count). The van der Waals surface area contributed by atoms with E-state index in [4.69, 9.17) is 0 Å². The molecule has 1 aromatic carbocycles. The lowest BCUT2D eigenvalue weighted by molar-refractivity contribution is -0.136. The van der Waals surface area contributed by atoms with E-state index in [1.807, 2.05) is 18.2 Å². The first-order chi connectivity index (χ1) is 15.1. The van der Waals surface area contributed by atoms with Crippen LogP contribution < -0.4 is 10.6 Å². The zero-order valence-electron chi connectivity index (χ0n) is 18.9. The van der Waals surface area contributed by atoms with Gasteiger partial charge in [-0.05, 0) is 25.0 Å². The summed E-state index contributed by atoms with van der Waals surface area (Å²) in [5.74, 6) is -0.742. The van der Waals surface area contributed by atoms with Crippen LogP contribution in [-0.4, -0.2) is 35.2 Å². The summed E-state index contributed by atoms with van der Waals surface area (Å²) >= 11 is 0. The van der Waals surface area contributed by atoms with Gasteiger partial charge in [0, 0.05) is 36.3 Å². The van der Waals surface area contributed by atoms with E-state index in [2.05, 4.69) is 17.6 Å². The zero-order chi connectivity index (χ0) is 22.1. The van der Waals surface area contributed by atoms with Gasteiger partial charge in [-0.2, -0.15) is 0 Å². The van der Waals surface area contributed by atoms with Crippen LogP contribution in [0.5, 0.6) is 0 Å². The summed E-state index contributed by atoms with van der Waals surface area (Å²) in [6.07, 6.45) is 13.8. The topological polar surface area (TPSA) is 78.5 Å². The third-order valence-corrected chi connectivity index (χ3v) is 6.43. The van der Waals surface area contributed by atoms with Gasteiger partial charge in [-0.3, -0.25) is 19.7 Å². The molecule has 0 saturated carbocycles. The maximum atomic E-state index is 12.9. The first kappa shape index (κ1) is 23.3. The van der Waals surface area contributed by atoms with Crippen LogP contribution in [0.25, 0.3) is 0 Å². The van der Waals surface area contributed by atoms with E-state index in [1.54, 1.807) is 4.90 Å². The summed E-state index contributed by atoms with van der Waals surface area (Å²) in [4.78, 5) is 38.1. The summed E-state index contributed by atoms with van der Waals surface area (Å²) in [5.41, 5.74) is 2.61. The number of piperidine rings is 1. The van der Waals surface area contributed by atoms with Crippen LogP contribution in [0.2, 0.25) is 0 Å². The van der Waals surface area contributed by atoms with Gasteiger partial charge in [0.1, 0.15) is 6.04 Å². The van der Waals surface area contributed by atoms with Crippen molar-refractivity contribution in [2.24, 2.45) is 0 Å². The van der Waals surface area contributed by atoms with E-state index >= 15 is 0 Å². The number of anilines is 1. The van der Waals surface area contributed by atoms with E-state index in [0.29, 0.717) is 18.5 Å². The highest BCUT2D eigenvalue weighted by Gasteiger charge is 2.39. The molecule has 2 aliphatic rings. The lowest BCUT2D eigenvalue weighted by atomic mass is 10.0. The number of benzene rings is 1. The first-order valence-corrected chi connectivity index (χ1v) is 12.1. The highest BCUT2D eigenvalue weighted by molar-refractivity contribution is 6.06. The molecule has 1 aromatic rings. The Morgan fingerprint density at radius 3 is 2.32 bits per heavy atom. The molecule has 0 bridgehead atoms. The van der Waals surface area contributed by atoms with Gasteiger partial charge in [-0.1, -0.05) is 70.8 Å². The van der Waals surface area contributed by atoms with E-state index in [9.17, 15) is 14.4 Å². The third kappa shape index (κ3) is 6.31. The number of hydrogen-bond acceptors (Lipinski definition) is 4. The van der Waals surface area contributed by atoms with Crippen molar-refractivity contribution in [2.45, 2.75) is 96.6 Å². The maximum Gasteiger partial charge on any atom is 0.255 e. The molecule has 2 aliphatic heterocycles. The summed E-state index contributed by atoms with van der Waals surface area (Å²) in [6.45, 7) is 3.56. The quantitative estimate of drug-likeness (QED) is 0.351. The molecule has 6 nitrogen and oxygen atoms in total. The number of amides is 3. The second kappa shape index (κ2) is 11.9. The van der Waals surface area contributed by atoms with Crippen molar-refractivity contribution in [1.82, 2.24) is 10.2 Å². The lowest BCUT2D eigenvalue weighted by Gasteiger charge is -2.29. The summed E-state index contributed by atoms with van der Waals surface area (Å²) in [5, 5.41) is 5.86. The fraction of sp³-hybridized carbons (Fsp3) is 0.640. The van der Waals surface area contributed by atoms with Crippen molar-refractivity contribution in [3.63, 3.8) is 0 Å². The number of rotatable bonds is 13. The Balaban J connectivity index is 1.40. The van der Waals surface area contributed by atoms with Gasteiger partial charge in [0.05, 0.1) is 0 Å². The van der Waals surface area contributed by atoms with Crippen molar-refractivity contribution in [2.75, 3.05) is 11.9 Å². The van der Waals surface area contributed by atoms with Crippen LogP contribution in [0.15, 0.2) is 18.2 Å². The number of imide groups is 1. The molecule has 2 N–H and O–H groups in total. The minimum atomic E-state index is -0.563. The Hall–Kier alpha value is -2.37. The number of fused-ring (bicyclic) bond motifs is 1. The summed E-state index contributed by atoms with van der Waals surface area (Å²) in [6, 6.07) is 5.17. The second-order valence-corrected chi connectivity index (χ2v) is 8.84. The van der Waals surface area contributed by atoms with E-state index in [0.717, 1.165) is 24.2 Å². The highest BCUT2D eigenvalue weighted by atomic mass is 16.2. The molecule has 0 radical (unpaired) electrons. The minimum absolute atomic E-state index is 0.118. The molecular weight excluding hydrogens is 390 g/mol. The van der Waals surface area contributed by atoms with Crippen LogP contribution in [0, 0.1) is 0 Å². The molecule has 1 saturated heterocycles. The van der Waals surface area contributed by atoms with Crippen molar-refractivity contribution < 1.29 is 14.4 Å². The molecule has 2 heterocycles. The van der Waals surface area contributed by atoms with Crippen LogP contribution >= 0.6 is 0 Å². The molecular formula is C25H37N3O3. The van der Waals surface area contributed by atoms with Gasteiger partial charge in [-0.25, -0.2) is 0 Å². The van der Waals surface area contributed by atoms with Crippen LogP contribution in [-0.2, 0) is 16.1 Å². The van der Waals surface area contributed by atoms with Gasteiger partial charge in [0.15, 0.2) is 0 Å². The van der Waals surface area contributed by atoms with Gasteiger partial charge in [-0.15, -0.1) is 0 Å². The molecule has 1 atom stereocenters. The second-order valence-electron chi connectivity index (χ2n) is 8.84. The number of hydrogen-bond donors (Lipinski definition) is 2. The minimum Gasteiger partial charge on any atom is -0.385 e. The summed E-state index contributed by atoms with van der Waals surface area (Å²) in [7, 11) is 0. The largest absolute Gasteiger partial charge is 0.385 e. The third-order valence-electron chi connectivity index (χ3n) is 6.43. The Bertz CT molecular complexity index is 777. The molecule has 170 valence electrons. The SMILES string of the molecule is CCCCCCCCCCCCNc1cccc2c1CN(C1CCC(=O)NC1=O)C2=O. The predicted octanol–water partition coefficient (Wildman–Crippen LogP) is 4.78. The maximum absolute atomic E-state index is 12.9. The number of carbonyl (C=O) groups is 3. The normalized spacial score (nSPS) is 18.3.